The zero-order chi connectivity index (χ0) is 12.5. The molecule has 0 radical (unpaired) electrons. The molecule has 17 heavy (non-hydrogen) atoms. The molecule has 0 aliphatic rings. The Morgan fingerprint density at radius 3 is 2.88 bits per heavy atom. The van der Waals surface area contributed by atoms with E-state index in [1.807, 2.05) is 0 Å². The Balaban J connectivity index is 2.05. The molecule has 0 aliphatic heterocycles. The number of unbranched alkanes of at least 4 members (excludes halogenated alkanes) is 2. The highest BCUT2D eigenvalue weighted by Crippen LogP contribution is 2.00. The largest absolute Gasteiger partial charge is 0.396 e. The molecule has 0 spiro atoms. The summed E-state index contributed by atoms with van der Waals surface area (Å²) in [5, 5.41) is 15.0. The molecule has 1 rings (SSSR count). The normalized spacial score (nSPS) is 10.5. The quantitative estimate of drug-likeness (QED) is 0.650. The first-order chi connectivity index (χ1) is 8.22. The fraction of sp³-hybridized carbons (Fsp3) is 0.727. The van der Waals surface area contributed by atoms with Crippen LogP contribution in [0.5, 0.6) is 0 Å². The molecule has 2 N–H and O–H groups in total. The zero-order valence-corrected chi connectivity index (χ0v) is 10.1. The van der Waals surface area contributed by atoms with E-state index in [-0.39, 0.29) is 12.5 Å². The second kappa shape index (κ2) is 7.78. The third-order valence-corrected chi connectivity index (χ3v) is 2.29. The molecular weight excluding hydrogens is 222 g/mol. The number of amides is 1. The average Bonchev–Trinajstić information content (AvgIpc) is 2.72. The molecule has 6 nitrogen and oxygen atoms in total. The van der Waals surface area contributed by atoms with Crippen LogP contribution in [0.25, 0.3) is 0 Å². The van der Waals surface area contributed by atoms with E-state index in [1.165, 1.54) is 0 Å². The van der Waals surface area contributed by atoms with Crippen LogP contribution in [0.15, 0.2) is 4.52 Å². The van der Waals surface area contributed by atoms with E-state index >= 15 is 0 Å². The van der Waals surface area contributed by atoms with Gasteiger partial charge in [0.15, 0.2) is 5.82 Å². The third kappa shape index (κ3) is 6.01. The van der Waals surface area contributed by atoms with E-state index in [0.717, 1.165) is 19.3 Å². The fourth-order valence-electron chi connectivity index (χ4n) is 1.39. The van der Waals surface area contributed by atoms with Crippen molar-refractivity contribution in [3.05, 3.63) is 11.7 Å². The number of aryl methyl sites for hydroxylation is 2. The predicted octanol–water partition coefficient (Wildman–Crippen LogP) is 0.589. The van der Waals surface area contributed by atoms with E-state index in [4.69, 9.17) is 9.63 Å². The molecule has 1 heterocycles. The highest BCUT2D eigenvalue weighted by molar-refractivity contribution is 5.75. The molecule has 0 fully saturated rings. The minimum atomic E-state index is -0.00940. The lowest BCUT2D eigenvalue weighted by Gasteiger charge is -2.03. The lowest BCUT2D eigenvalue weighted by atomic mass is 10.2. The summed E-state index contributed by atoms with van der Waals surface area (Å²) in [6.45, 7) is 2.61. The van der Waals surface area contributed by atoms with Gasteiger partial charge in [0.05, 0.1) is 0 Å². The molecule has 96 valence electrons. The Bertz CT molecular complexity index is 338. The van der Waals surface area contributed by atoms with Gasteiger partial charge in [0.1, 0.15) is 0 Å². The molecule has 1 aromatic rings. The van der Waals surface area contributed by atoms with Gasteiger partial charge < -0.3 is 14.9 Å². The van der Waals surface area contributed by atoms with Crippen LogP contribution < -0.4 is 5.32 Å². The molecule has 0 saturated heterocycles. The van der Waals surface area contributed by atoms with Crippen LogP contribution in [0.1, 0.15) is 37.4 Å². The number of hydrogen-bond donors (Lipinski definition) is 2. The average molecular weight is 241 g/mol. The smallest absolute Gasteiger partial charge is 0.227 e. The molecule has 1 amide bonds. The van der Waals surface area contributed by atoms with Crippen molar-refractivity contribution in [1.82, 2.24) is 15.5 Å². The Morgan fingerprint density at radius 1 is 1.41 bits per heavy atom. The van der Waals surface area contributed by atoms with E-state index in [9.17, 15) is 4.79 Å². The minimum Gasteiger partial charge on any atom is -0.396 e. The SMILES string of the molecule is Cc1noc(CCC(=O)NCCCCCO)n1. The van der Waals surface area contributed by atoms with Crippen LogP contribution >= 0.6 is 0 Å². The van der Waals surface area contributed by atoms with Crippen molar-refractivity contribution >= 4 is 5.91 Å². The Hall–Kier alpha value is -1.43. The number of hydrogen-bond acceptors (Lipinski definition) is 5. The summed E-state index contributed by atoms with van der Waals surface area (Å²) < 4.78 is 4.90. The van der Waals surface area contributed by atoms with Gasteiger partial charge in [-0.3, -0.25) is 4.79 Å². The van der Waals surface area contributed by atoms with Gasteiger partial charge in [-0.15, -0.1) is 0 Å². The van der Waals surface area contributed by atoms with Crippen molar-refractivity contribution < 1.29 is 14.4 Å². The van der Waals surface area contributed by atoms with Crippen LogP contribution in [-0.2, 0) is 11.2 Å². The summed E-state index contributed by atoms with van der Waals surface area (Å²) in [6.07, 6.45) is 3.45. The monoisotopic (exact) mass is 241 g/mol. The number of aliphatic hydroxyl groups excluding tert-OH is 1. The fourth-order valence-corrected chi connectivity index (χ4v) is 1.39. The summed E-state index contributed by atoms with van der Waals surface area (Å²) >= 11 is 0. The van der Waals surface area contributed by atoms with Crippen molar-refractivity contribution in [3.8, 4) is 0 Å². The van der Waals surface area contributed by atoms with E-state index in [2.05, 4.69) is 15.5 Å². The molecule has 6 heteroatoms. The number of nitrogens with zero attached hydrogens (tertiary/aromatic N) is 2. The molecule has 0 atom stereocenters. The van der Waals surface area contributed by atoms with Gasteiger partial charge in [-0.1, -0.05) is 5.16 Å². The van der Waals surface area contributed by atoms with Crippen LogP contribution in [0, 0.1) is 6.92 Å². The summed E-state index contributed by atoms with van der Waals surface area (Å²) in [7, 11) is 0. The van der Waals surface area contributed by atoms with Gasteiger partial charge in [0, 0.05) is 26.0 Å². The first-order valence-electron chi connectivity index (χ1n) is 5.89. The highest BCUT2D eigenvalue weighted by atomic mass is 16.5. The number of nitrogens with one attached hydrogen (secondary N) is 1. The van der Waals surface area contributed by atoms with Crippen molar-refractivity contribution in [3.63, 3.8) is 0 Å². The van der Waals surface area contributed by atoms with Crippen molar-refractivity contribution in [2.24, 2.45) is 0 Å². The summed E-state index contributed by atoms with van der Waals surface area (Å²) in [4.78, 5) is 15.4. The molecule has 0 aliphatic carbocycles. The molecule has 0 saturated carbocycles. The van der Waals surface area contributed by atoms with Crippen LogP contribution in [0.2, 0.25) is 0 Å². The third-order valence-electron chi connectivity index (χ3n) is 2.29. The number of aromatic nitrogens is 2. The van der Waals surface area contributed by atoms with E-state index in [1.54, 1.807) is 6.92 Å². The molecule has 1 aromatic heterocycles. The Kier molecular flexibility index (Phi) is 6.24. The minimum absolute atomic E-state index is 0.00940. The maximum Gasteiger partial charge on any atom is 0.227 e. The first-order valence-corrected chi connectivity index (χ1v) is 5.89. The number of carbonyl (C=O) groups is 1. The van der Waals surface area contributed by atoms with Gasteiger partial charge in [-0.25, -0.2) is 0 Å². The van der Waals surface area contributed by atoms with Crippen molar-refractivity contribution in [2.45, 2.75) is 39.0 Å². The van der Waals surface area contributed by atoms with Gasteiger partial charge in [0.2, 0.25) is 11.8 Å². The standard InChI is InChI=1S/C11H19N3O3/c1-9-13-11(17-14-9)6-5-10(16)12-7-3-2-4-8-15/h15H,2-8H2,1H3,(H,12,16). The summed E-state index contributed by atoms with van der Waals surface area (Å²) in [5.74, 6) is 1.08. The lowest BCUT2D eigenvalue weighted by Crippen LogP contribution is -2.24. The number of aliphatic hydroxyl groups is 1. The maximum atomic E-state index is 11.4. The molecular formula is C11H19N3O3. The molecule has 0 unspecified atom stereocenters. The first kappa shape index (κ1) is 13.6. The number of rotatable bonds is 8. The summed E-state index contributed by atoms with van der Waals surface area (Å²) in [5.41, 5.74) is 0. The van der Waals surface area contributed by atoms with Gasteiger partial charge in [0.25, 0.3) is 0 Å². The molecule has 0 aromatic carbocycles. The van der Waals surface area contributed by atoms with Gasteiger partial charge in [-0.05, 0) is 26.2 Å². The van der Waals surface area contributed by atoms with Crippen LogP contribution in [0.4, 0.5) is 0 Å². The van der Waals surface area contributed by atoms with Crippen molar-refractivity contribution in [1.29, 1.82) is 0 Å². The Labute approximate surface area is 100 Å². The second-order valence-electron chi connectivity index (χ2n) is 3.87. The Morgan fingerprint density at radius 2 is 2.24 bits per heavy atom. The van der Waals surface area contributed by atoms with E-state index < -0.39 is 0 Å². The highest BCUT2D eigenvalue weighted by Gasteiger charge is 2.06. The van der Waals surface area contributed by atoms with Crippen LogP contribution in [0.3, 0.4) is 0 Å². The maximum absolute atomic E-state index is 11.4. The van der Waals surface area contributed by atoms with Crippen LogP contribution in [-0.4, -0.2) is 34.3 Å². The van der Waals surface area contributed by atoms with Gasteiger partial charge >= 0.3 is 0 Å². The molecule has 0 bridgehead atoms. The topological polar surface area (TPSA) is 88.2 Å². The van der Waals surface area contributed by atoms with E-state index in [0.29, 0.717) is 31.1 Å². The predicted molar refractivity (Wildman–Crippen MR) is 61.3 cm³/mol. The number of carbonyl (C=O) groups excluding carboxylic acids is 1. The van der Waals surface area contributed by atoms with Gasteiger partial charge in [-0.2, -0.15) is 4.98 Å². The second-order valence-corrected chi connectivity index (χ2v) is 3.87. The lowest BCUT2D eigenvalue weighted by molar-refractivity contribution is -0.121. The van der Waals surface area contributed by atoms with Crippen molar-refractivity contribution in [2.75, 3.05) is 13.2 Å². The summed E-state index contributed by atoms with van der Waals surface area (Å²) in [6, 6.07) is 0. The zero-order valence-electron chi connectivity index (χ0n) is 10.1.